The molecule has 0 aromatic heterocycles. The minimum Gasteiger partial charge on any atom is -0.504 e. The Morgan fingerprint density at radius 3 is 0.949 bits per heavy atom. The lowest BCUT2D eigenvalue weighted by molar-refractivity contribution is 0.355. The molecule has 0 atom stereocenters. The number of hydrogen-bond donors (Lipinski definition) is 5. The Hall–Kier alpha value is -9.42. The molecule has 12 heteroatoms. The smallest absolute Gasteiger partial charge is 0.161 e. The van der Waals surface area contributed by atoms with Crippen LogP contribution in [0.5, 0.6) is 69.0 Å². The average molecular weight is 1070 g/mol. The van der Waals surface area contributed by atoms with E-state index in [1.807, 2.05) is 103 Å². The van der Waals surface area contributed by atoms with Crippen molar-refractivity contribution in [1.82, 2.24) is 0 Å². The molecule has 0 saturated carbocycles. The predicted octanol–water partition coefficient (Wildman–Crippen LogP) is 14.0. The van der Waals surface area contributed by atoms with Crippen molar-refractivity contribution >= 4 is 0 Å². The number of benzene rings is 9. The van der Waals surface area contributed by atoms with E-state index < -0.39 is 0 Å². The molecule has 0 fully saturated rings. The molecule has 0 heterocycles. The van der Waals surface area contributed by atoms with Gasteiger partial charge in [0.1, 0.15) is 0 Å². The topological polar surface area (TPSA) is 166 Å². The highest BCUT2D eigenvalue weighted by molar-refractivity contribution is 5.72. The summed E-state index contributed by atoms with van der Waals surface area (Å²) < 4.78 is 36.6. The number of aromatic hydroxyl groups is 5. The summed E-state index contributed by atoms with van der Waals surface area (Å²) in [5.74, 6) is 4.52. The van der Waals surface area contributed by atoms with Crippen molar-refractivity contribution in [2.45, 2.75) is 38.5 Å². The Labute approximate surface area is 462 Å². The Bertz CT molecular complexity index is 3440. The normalized spacial score (nSPS) is 10.5. The Kier molecular flexibility index (Phi) is 20.4. The summed E-state index contributed by atoms with van der Waals surface area (Å²) >= 11 is 0. The van der Waals surface area contributed by atoms with Gasteiger partial charge in [0.25, 0.3) is 0 Å². The second kappa shape index (κ2) is 28.1. The molecule has 0 unspecified atom stereocenters. The Balaban J connectivity index is 0.000000172. The number of aryl methyl sites for hydroxylation is 6. The standard InChI is InChI=1S/C23H24O4.2C22H22O4/c1-25-21-13-11-18(15-23(21)27-3)19-7-5-4-6-17(19)10-8-16-9-12-20(24)22(14-16)26-2;1-25-21-11-8-15(13-19(21)23)7-9-16-5-3-4-6-18(16)17-10-12-22(26-2)20(24)14-17;1-25-21-13-15(8-11-19(21)23)7-9-16-5-3-4-6-18(16)17-10-12-20(24)22(14-17)26-2/h4-7,9,11-15,24H,8,10H2,1-3H3;2*3-6,8,10-14,23-24H,7,9H2,1-2H3. The first-order valence-electron chi connectivity index (χ1n) is 25.7. The lowest BCUT2D eigenvalue weighted by atomic mass is 9.95. The highest BCUT2D eigenvalue weighted by atomic mass is 16.5. The molecule has 0 bridgehead atoms. The van der Waals surface area contributed by atoms with Gasteiger partial charge in [-0.3, -0.25) is 0 Å². The van der Waals surface area contributed by atoms with E-state index in [2.05, 4.69) is 36.4 Å². The van der Waals surface area contributed by atoms with Gasteiger partial charge in [-0.1, -0.05) is 109 Å². The van der Waals surface area contributed by atoms with Crippen LogP contribution in [0, 0.1) is 0 Å². The van der Waals surface area contributed by atoms with Gasteiger partial charge in [0, 0.05) is 0 Å². The first kappa shape index (κ1) is 57.3. The highest BCUT2D eigenvalue weighted by Gasteiger charge is 2.14. The zero-order valence-electron chi connectivity index (χ0n) is 45.7. The molecular weight excluding hydrogens is 997 g/mol. The van der Waals surface area contributed by atoms with Gasteiger partial charge in [0.05, 0.1) is 49.8 Å². The fraction of sp³-hybridized carbons (Fsp3) is 0.194. The maximum absolute atomic E-state index is 10.1. The molecule has 9 rings (SSSR count). The van der Waals surface area contributed by atoms with Gasteiger partial charge >= 0.3 is 0 Å². The molecule has 0 aliphatic heterocycles. The van der Waals surface area contributed by atoms with E-state index in [0.29, 0.717) is 34.5 Å². The molecule has 79 heavy (non-hydrogen) atoms. The van der Waals surface area contributed by atoms with Crippen LogP contribution in [0.1, 0.15) is 33.4 Å². The van der Waals surface area contributed by atoms with Crippen molar-refractivity contribution in [3.05, 3.63) is 215 Å². The van der Waals surface area contributed by atoms with Crippen molar-refractivity contribution in [2.24, 2.45) is 0 Å². The first-order valence-corrected chi connectivity index (χ1v) is 25.7. The van der Waals surface area contributed by atoms with Gasteiger partial charge < -0.3 is 58.7 Å². The lowest BCUT2D eigenvalue weighted by Gasteiger charge is -2.13. The largest absolute Gasteiger partial charge is 0.504 e. The number of phenolic OH excluding ortho intramolecular Hbond substituents is 5. The van der Waals surface area contributed by atoms with Crippen LogP contribution in [0.15, 0.2) is 182 Å². The van der Waals surface area contributed by atoms with Crippen LogP contribution in [-0.4, -0.2) is 75.3 Å². The van der Waals surface area contributed by atoms with Gasteiger partial charge in [0.2, 0.25) is 0 Å². The molecule has 0 amide bonds. The summed E-state index contributed by atoms with van der Waals surface area (Å²) in [5.41, 5.74) is 13.3. The lowest BCUT2D eigenvalue weighted by Crippen LogP contribution is -1.96. The van der Waals surface area contributed by atoms with Gasteiger partial charge in [-0.25, -0.2) is 0 Å². The van der Waals surface area contributed by atoms with Crippen molar-refractivity contribution in [3.63, 3.8) is 0 Å². The second-order valence-corrected chi connectivity index (χ2v) is 18.3. The Morgan fingerprint density at radius 2 is 0.544 bits per heavy atom. The molecule has 0 aliphatic rings. The maximum Gasteiger partial charge on any atom is 0.161 e. The van der Waals surface area contributed by atoms with Crippen LogP contribution in [-0.2, 0) is 38.5 Å². The molecule has 12 nitrogen and oxygen atoms in total. The van der Waals surface area contributed by atoms with Crippen LogP contribution in [0.3, 0.4) is 0 Å². The summed E-state index contributed by atoms with van der Waals surface area (Å²) in [7, 11) is 11.0. The SMILES string of the molecule is COc1cc(CCc2ccccc2-c2ccc(O)c(OC)c2)ccc1O.COc1cc(CCc2ccccc2-c2ccc(OC)c(OC)c2)ccc1O.COc1ccc(CCc2ccccc2-c2ccc(OC)c(O)c2)cc1O. The van der Waals surface area contributed by atoms with Gasteiger partial charge in [-0.05, 0) is 178 Å². The number of ether oxygens (including phenoxy) is 7. The van der Waals surface area contributed by atoms with Crippen molar-refractivity contribution in [1.29, 1.82) is 0 Å². The summed E-state index contributed by atoms with van der Waals surface area (Å²) in [4.78, 5) is 0. The molecule has 9 aromatic rings. The molecule has 0 aliphatic carbocycles. The maximum atomic E-state index is 10.1. The van der Waals surface area contributed by atoms with Crippen LogP contribution < -0.4 is 33.2 Å². The van der Waals surface area contributed by atoms with Gasteiger partial charge in [0.15, 0.2) is 69.0 Å². The summed E-state index contributed by atoms with van der Waals surface area (Å²) in [6.45, 7) is 0. The molecule has 0 saturated heterocycles. The third kappa shape index (κ3) is 15.0. The molecule has 0 spiro atoms. The second-order valence-electron chi connectivity index (χ2n) is 18.3. The van der Waals surface area contributed by atoms with E-state index >= 15 is 0 Å². The van der Waals surface area contributed by atoms with E-state index in [4.69, 9.17) is 33.2 Å². The molecule has 0 radical (unpaired) electrons. The fourth-order valence-electron chi connectivity index (χ4n) is 9.25. The molecule has 5 N–H and O–H groups in total. The number of methoxy groups -OCH3 is 7. The predicted molar refractivity (Wildman–Crippen MR) is 311 cm³/mol. The quantitative estimate of drug-likeness (QED) is 0.0521. The summed E-state index contributed by atoms with van der Waals surface area (Å²) in [5, 5.41) is 49.3. The Morgan fingerprint density at radius 1 is 0.241 bits per heavy atom. The molecule has 9 aromatic carbocycles. The number of phenols is 5. The van der Waals surface area contributed by atoms with Crippen LogP contribution in [0.4, 0.5) is 0 Å². The fourth-order valence-corrected chi connectivity index (χ4v) is 9.25. The van der Waals surface area contributed by atoms with Gasteiger partial charge in [-0.15, -0.1) is 0 Å². The third-order valence-corrected chi connectivity index (χ3v) is 13.5. The van der Waals surface area contributed by atoms with Crippen molar-refractivity contribution in [3.8, 4) is 102 Å². The highest BCUT2D eigenvalue weighted by Crippen LogP contribution is 2.38. The van der Waals surface area contributed by atoms with Crippen molar-refractivity contribution in [2.75, 3.05) is 49.8 Å². The van der Waals surface area contributed by atoms with E-state index in [9.17, 15) is 25.5 Å². The number of hydrogen-bond acceptors (Lipinski definition) is 12. The number of rotatable bonds is 19. The monoisotopic (exact) mass is 1060 g/mol. The van der Waals surface area contributed by atoms with E-state index in [1.165, 1.54) is 36.5 Å². The summed E-state index contributed by atoms with van der Waals surface area (Å²) in [6, 6.07) is 57.8. The minimum absolute atomic E-state index is 0.125. The molecular formula is C67H68O12. The molecule has 408 valence electrons. The first-order chi connectivity index (χ1) is 38.4. The van der Waals surface area contributed by atoms with Gasteiger partial charge in [-0.2, -0.15) is 0 Å². The van der Waals surface area contributed by atoms with Crippen LogP contribution in [0.2, 0.25) is 0 Å². The minimum atomic E-state index is 0.125. The van der Waals surface area contributed by atoms with Crippen LogP contribution in [0.25, 0.3) is 33.4 Å². The zero-order valence-corrected chi connectivity index (χ0v) is 45.7. The van der Waals surface area contributed by atoms with E-state index in [-0.39, 0.29) is 28.7 Å². The third-order valence-electron chi connectivity index (χ3n) is 13.5. The van der Waals surface area contributed by atoms with E-state index in [0.717, 1.165) is 88.8 Å². The van der Waals surface area contributed by atoms with Crippen molar-refractivity contribution < 1.29 is 58.7 Å². The zero-order chi connectivity index (χ0) is 56.3. The average Bonchev–Trinajstić information content (AvgIpc) is 3.52. The van der Waals surface area contributed by atoms with E-state index in [1.54, 1.807) is 78.0 Å². The van der Waals surface area contributed by atoms with Crippen LogP contribution >= 0.6 is 0 Å². The summed E-state index contributed by atoms with van der Waals surface area (Å²) in [6.07, 6.45) is 4.99.